The summed E-state index contributed by atoms with van der Waals surface area (Å²) in [6.07, 6.45) is 9.64. The first kappa shape index (κ1) is 14.4. The summed E-state index contributed by atoms with van der Waals surface area (Å²) < 4.78 is 7.76. The van der Waals surface area contributed by atoms with Crippen molar-refractivity contribution in [3.63, 3.8) is 0 Å². The van der Waals surface area contributed by atoms with Crippen molar-refractivity contribution in [2.45, 2.75) is 32.7 Å². The average molecular weight is 270 g/mol. The largest absolute Gasteiger partial charge is 0.490 e. The standard InChI is InChI=1S/C17H22N2O/c1-17(2,3)15-7-6-8-16(13-15)20-12-5-4-10-19-11-9-18-14-19/h4-9,11,13-14H,10,12H2,1-3H3. The van der Waals surface area contributed by atoms with Gasteiger partial charge in [0.2, 0.25) is 0 Å². The fraction of sp³-hybridized carbons (Fsp3) is 0.353. The summed E-state index contributed by atoms with van der Waals surface area (Å²) in [6.45, 7) is 8.03. The Morgan fingerprint density at radius 1 is 1.25 bits per heavy atom. The average Bonchev–Trinajstić information content (AvgIpc) is 2.91. The van der Waals surface area contributed by atoms with Gasteiger partial charge in [0.1, 0.15) is 12.4 Å². The van der Waals surface area contributed by atoms with E-state index < -0.39 is 0 Å². The summed E-state index contributed by atoms with van der Waals surface area (Å²) in [5.74, 6) is 0.921. The molecule has 0 spiro atoms. The molecule has 106 valence electrons. The number of ether oxygens (including phenoxy) is 1. The molecule has 0 saturated heterocycles. The SMILES string of the molecule is CC(C)(C)c1cccc(OCC=CCn2ccnc2)c1. The van der Waals surface area contributed by atoms with Crippen LogP contribution in [0.15, 0.2) is 55.1 Å². The third kappa shape index (κ3) is 4.26. The Labute approximate surface area is 120 Å². The number of hydrogen-bond donors (Lipinski definition) is 0. The molecule has 0 amide bonds. The molecule has 3 nitrogen and oxygen atoms in total. The maximum atomic E-state index is 5.75. The zero-order chi connectivity index (χ0) is 14.4. The van der Waals surface area contributed by atoms with E-state index in [0.29, 0.717) is 6.61 Å². The van der Waals surface area contributed by atoms with Gasteiger partial charge in [-0.05, 0) is 29.2 Å². The molecule has 0 aliphatic heterocycles. The highest BCUT2D eigenvalue weighted by Crippen LogP contribution is 2.25. The van der Waals surface area contributed by atoms with Crippen molar-refractivity contribution in [2.24, 2.45) is 0 Å². The van der Waals surface area contributed by atoms with Crippen molar-refractivity contribution < 1.29 is 4.74 Å². The van der Waals surface area contributed by atoms with Crippen LogP contribution in [-0.4, -0.2) is 16.2 Å². The molecule has 2 rings (SSSR count). The molecule has 0 radical (unpaired) electrons. The quantitative estimate of drug-likeness (QED) is 0.772. The molecule has 0 unspecified atom stereocenters. The summed E-state index contributed by atoms with van der Waals surface area (Å²) in [7, 11) is 0. The fourth-order valence-corrected chi connectivity index (χ4v) is 1.86. The summed E-state index contributed by atoms with van der Waals surface area (Å²) in [5.41, 5.74) is 1.44. The number of nitrogens with zero attached hydrogens (tertiary/aromatic N) is 2. The van der Waals surface area contributed by atoms with Crippen LogP contribution in [0.1, 0.15) is 26.3 Å². The van der Waals surface area contributed by atoms with Gasteiger partial charge in [-0.15, -0.1) is 0 Å². The van der Waals surface area contributed by atoms with Crippen molar-refractivity contribution in [1.82, 2.24) is 9.55 Å². The molecule has 1 aromatic heterocycles. The number of hydrogen-bond acceptors (Lipinski definition) is 2. The van der Waals surface area contributed by atoms with E-state index in [2.05, 4.69) is 44.0 Å². The first-order valence-electron chi connectivity index (χ1n) is 6.90. The van der Waals surface area contributed by atoms with Crippen LogP contribution in [0, 0.1) is 0 Å². The summed E-state index contributed by atoms with van der Waals surface area (Å²) >= 11 is 0. The minimum atomic E-state index is 0.149. The molecule has 0 aliphatic rings. The Kier molecular flexibility index (Phi) is 4.61. The second kappa shape index (κ2) is 6.42. The van der Waals surface area contributed by atoms with E-state index in [1.54, 1.807) is 12.5 Å². The lowest BCUT2D eigenvalue weighted by molar-refractivity contribution is 0.361. The molecule has 0 atom stereocenters. The highest BCUT2D eigenvalue weighted by molar-refractivity contribution is 5.32. The number of allylic oxidation sites excluding steroid dienone is 1. The predicted octanol–water partition coefficient (Wildman–Crippen LogP) is 3.82. The zero-order valence-electron chi connectivity index (χ0n) is 12.4. The summed E-state index contributed by atoms with van der Waals surface area (Å²) in [5, 5.41) is 0. The highest BCUT2D eigenvalue weighted by Gasteiger charge is 2.13. The minimum Gasteiger partial charge on any atom is -0.490 e. The normalized spacial score (nSPS) is 11.9. The first-order chi connectivity index (χ1) is 9.55. The van der Waals surface area contributed by atoms with Gasteiger partial charge in [-0.2, -0.15) is 0 Å². The summed E-state index contributed by atoms with van der Waals surface area (Å²) in [6, 6.07) is 8.30. The molecule has 0 bridgehead atoms. The van der Waals surface area contributed by atoms with Crippen molar-refractivity contribution in [3.05, 3.63) is 60.7 Å². The minimum absolute atomic E-state index is 0.149. The van der Waals surface area contributed by atoms with Gasteiger partial charge in [0.15, 0.2) is 0 Å². The molecular formula is C17H22N2O. The lowest BCUT2D eigenvalue weighted by Gasteiger charge is -2.19. The highest BCUT2D eigenvalue weighted by atomic mass is 16.5. The molecule has 0 saturated carbocycles. The molecule has 1 heterocycles. The maximum Gasteiger partial charge on any atom is 0.120 e. The van der Waals surface area contributed by atoms with Crippen molar-refractivity contribution in [3.8, 4) is 5.75 Å². The van der Waals surface area contributed by atoms with E-state index in [0.717, 1.165) is 12.3 Å². The monoisotopic (exact) mass is 270 g/mol. The number of imidazole rings is 1. The molecule has 3 heteroatoms. The van der Waals surface area contributed by atoms with Crippen LogP contribution in [0.5, 0.6) is 5.75 Å². The molecule has 1 aromatic carbocycles. The number of aromatic nitrogens is 2. The van der Waals surface area contributed by atoms with E-state index in [1.165, 1.54) is 5.56 Å². The van der Waals surface area contributed by atoms with E-state index in [4.69, 9.17) is 4.74 Å². The Morgan fingerprint density at radius 2 is 2.10 bits per heavy atom. The first-order valence-corrected chi connectivity index (χ1v) is 6.90. The van der Waals surface area contributed by atoms with Gasteiger partial charge in [-0.3, -0.25) is 0 Å². The second-order valence-electron chi connectivity index (χ2n) is 5.82. The van der Waals surface area contributed by atoms with E-state index >= 15 is 0 Å². The van der Waals surface area contributed by atoms with Crippen LogP contribution in [0.3, 0.4) is 0 Å². The smallest absolute Gasteiger partial charge is 0.120 e. The van der Waals surface area contributed by atoms with Gasteiger partial charge < -0.3 is 9.30 Å². The lowest BCUT2D eigenvalue weighted by atomic mass is 9.87. The Bertz CT molecular complexity index is 551. The second-order valence-corrected chi connectivity index (χ2v) is 5.82. The number of rotatable bonds is 5. The van der Waals surface area contributed by atoms with Crippen LogP contribution in [-0.2, 0) is 12.0 Å². The van der Waals surface area contributed by atoms with Crippen molar-refractivity contribution in [1.29, 1.82) is 0 Å². The Balaban J connectivity index is 1.83. The van der Waals surface area contributed by atoms with Gasteiger partial charge in [0.25, 0.3) is 0 Å². The maximum absolute atomic E-state index is 5.75. The molecule has 0 fully saturated rings. The van der Waals surface area contributed by atoms with Gasteiger partial charge in [0.05, 0.1) is 6.33 Å². The van der Waals surface area contributed by atoms with Crippen LogP contribution < -0.4 is 4.74 Å². The molecule has 20 heavy (non-hydrogen) atoms. The van der Waals surface area contributed by atoms with Gasteiger partial charge >= 0.3 is 0 Å². The van der Waals surface area contributed by atoms with Crippen molar-refractivity contribution in [2.75, 3.05) is 6.61 Å². The molecule has 0 N–H and O–H groups in total. The van der Waals surface area contributed by atoms with Crippen molar-refractivity contribution >= 4 is 0 Å². The third-order valence-corrected chi connectivity index (χ3v) is 3.09. The fourth-order valence-electron chi connectivity index (χ4n) is 1.86. The summed E-state index contributed by atoms with van der Waals surface area (Å²) in [4.78, 5) is 4.00. The zero-order valence-corrected chi connectivity index (χ0v) is 12.4. The lowest BCUT2D eigenvalue weighted by Crippen LogP contribution is -2.10. The molecular weight excluding hydrogens is 248 g/mol. The van der Waals surface area contributed by atoms with E-state index in [1.807, 2.05) is 29.0 Å². The van der Waals surface area contributed by atoms with Gasteiger partial charge in [-0.25, -0.2) is 4.98 Å². The van der Waals surface area contributed by atoms with Gasteiger partial charge in [-0.1, -0.05) is 39.0 Å². The Morgan fingerprint density at radius 3 is 2.80 bits per heavy atom. The number of benzene rings is 1. The predicted molar refractivity (Wildman–Crippen MR) is 82.0 cm³/mol. The Hall–Kier alpha value is -2.03. The van der Waals surface area contributed by atoms with E-state index in [9.17, 15) is 0 Å². The molecule has 0 aliphatic carbocycles. The van der Waals surface area contributed by atoms with Crippen LogP contribution in [0.4, 0.5) is 0 Å². The van der Waals surface area contributed by atoms with Crippen LogP contribution in [0.25, 0.3) is 0 Å². The molecule has 2 aromatic rings. The topological polar surface area (TPSA) is 27.1 Å². The third-order valence-electron chi connectivity index (χ3n) is 3.09. The van der Waals surface area contributed by atoms with Crippen LogP contribution in [0.2, 0.25) is 0 Å². The van der Waals surface area contributed by atoms with E-state index in [-0.39, 0.29) is 5.41 Å². The van der Waals surface area contributed by atoms with Gasteiger partial charge in [0, 0.05) is 18.9 Å². The van der Waals surface area contributed by atoms with Crippen LogP contribution >= 0.6 is 0 Å².